The first-order chi connectivity index (χ1) is 26.8. The van der Waals surface area contributed by atoms with Crippen LogP contribution in [0.25, 0.3) is 89.8 Å². The molecule has 1 heterocycles. The third kappa shape index (κ3) is 6.74. The van der Waals surface area contributed by atoms with Crippen molar-refractivity contribution in [1.82, 2.24) is 15.0 Å². The minimum Gasteiger partial charge on any atom is -0.208 e. The largest absolute Gasteiger partial charge is 0.208 e. The van der Waals surface area contributed by atoms with Gasteiger partial charge in [-0.15, -0.1) is 0 Å². The van der Waals surface area contributed by atoms with Gasteiger partial charge in [-0.1, -0.05) is 200 Å². The van der Waals surface area contributed by atoms with Crippen molar-refractivity contribution in [2.45, 2.75) is 0 Å². The Hall–Kier alpha value is -7.23. The van der Waals surface area contributed by atoms with Crippen molar-refractivity contribution in [3.63, 3.8) is 0 Å². The van der Waals surface area contributed by atoms with Crippen molar-refractivity contribution in [3.8, 4) is 89.8 Å². The van der Waals surface area contributed by atoms with E-state index in [9.17, 15) is 0 Å². The molecule has 1 aromatic heterocycles. The van der Waals surface area contributed by atoms with Crippen molar-refractivity contribution < 1.29 is 0 Å². The molecule has 0 fully saturated rings. The van der Waals surface area contributed by atoms with Gasteiger partial charge in [0, 0.05) is 16.7 Å². The minimum absolute atomic E-state index is 0.619. The summed E-state index contributed by atoms with van der Waals surface area (Å²) >= 11 is 0. The van der Waals surface area contributed by atoms with E-state index >= 15 is 0 Å². The van der Waals surface area contributed by atoms with Crippen LogP contribution in [0.1, 0.15) is 0 Å². The van der Waals surface area contributed by atoms with E-state index in [4.69, 9.17) is 15.0 Å². The van der Waals surface area contributed by atoms with Gasteiger partial charge in [-0.05, 0) is 67.8 Å². The molecule has 254 valence electrons. The smallest absolute Gasteiger partial charge is 0.164 e. The fourth-order valence-corrected chi connectivity index (χ4v) is 7.03. The monoisotopic (exact) mass is 689 g/mol. The summed E-state index contributed by atoms with van der Waals surface area (Å²) in [5.74, 6) is 1.87. The van der Waals surface area contributed by atoms with Crippen LogP contribution in [0.15, 0.2) is 212 Å². The quantitative estimate of drug-likeness (QED) is 0.159. The maximum absolute atomic E-state index is 5.20. The summed E-state index contributed by atoms with van der Waals surface area (Å²) in [5, 5.41) is 0. The zero-order valence-electron chi connectivity index (χ0n) is 29.5. The van der Waals surface area contributed by atoms with Gasteiger partial charge in [0.1, 0.15) is 0 Å². The summed E-state index contributed by atoms with van der Waals surface area (Å²) < 4.78 is 0. The predicted molar refractivity (Wildman–Crippen MR) is 223 cm³/mol. The van der Waals surface area contributed by atoms with Crippen LogP contribution >= 0.6 is 0 Å². The molecular formula is C51H35N3. The van der Waals surface area contributed by atoms with Gasteiger partial charge < -0.3 is 0 Å². The van der Waals surface area contributed by atoms with Crippen molar-refractivity contribution in [3.05, 3.63) is 212 Å². The highest BCUT2D eigenvalue weighted by molar-refractivity contribution is 5.88. The number of nitrogens with zero attached hydrogens (tertiary/aromatic N) is 3. The van der Waals surface area contributed by atoms with Gasteiger partial charge in [0.15, 0.2) is 17.5 Å². The number of benzene rings is 8. The van der Waals surface area contributed by atoms with E-state index in [2.05, 4.69) is 194 Å². The fourth-order valence-electron chi connectivity index (χ4n) is 7.03. The molecular weight excluding hydrogens is 655 g/mol. The number of rotatable bonds is 8. The SMILES string of the molecule is c1ccc(-c2ccc(-c3nc(-c4cccc(-c5ccc(-c6ccccc6)cc5-c5ccccc5)c4)nc(-c4ccccc4-c4ccccc4)n3)cc2)cc1. The Balaban J connectivity index is 1.19. The average molecular weight is 690 g/mol. The van der Waals surface area contributed by atoms with Crippen LogP contribution in [0.5, 0.6) is 0 Å². The van der Waals surface area contributed by atoms with Gasteiger partial charge in [0.05, 0.1) is 0 Å². The summed E-state index contributed by atoms with van der Waals surface area (Å²) in [6.45, 7) is 0. The maximum atomic E-state index is 5.20. The molecule has 54 heavy (non-hydrogen) atoms. The summed E-state index contributed by atoms with van der Waals surface area (Å²) in [6, 6.07) is 74.1. The minimum atomic E-state index is 0.619. The van der Waals surface area contributed by atoms with Crippen LogP contribution in [0.3, 0.4) is 0 Å². The van der Waals surface area contributed by atoms with Gasteiger partial charge in [-0.25, -0.2) is 15.0 Å². The van der Waals surface area contributed by atoms with Crippen molar-refractivity contribution >= 4 is 0 Å². The number of hydrogen-bond acceptors (Lipinski definition) is 3. The van der Waals surface area contributed by atoms with Gasteiger partial charge in [-0.3, -0.25) is 0 Å². The maximum Gasteiger partial charge on any atom is 0.164 e. The van der Waals surface area contributed by atoms with Crippen molar-refractivity contribution in [1.29, 1.82) is 0 Å². The Morgan fingerprint density at radius 1 is 0.185 bits per heavy atom. The zero-order valence-corrected chi connectivity index (χ0v) is 29.5. The summed E-state index contributed by atoms with van der Waals surface area (Å²) in [7, 11) is 0. The first-order valence-corrected chi connectivity index (χ1v) is 18.2. The number of aromatic nitrogens is 3. The third-order valence-electron chi connectivity index (χ3n) is 9.78. The summed E-state index contributed by atoms with van der Waals surface area (Å²) in [4.78, 5) is 15.5. The van der Waals surface area contributed by atoms with Gasteiger partial charge in [0.25, 0.3) is 0 Å². The van der Waals surface area contributed by atoms with Crippen LogP contribution in [0, 0.1) is 0 Å². The second-order valence-electron chi connectivity index (χ2n) is 13.2. The molecule has 3 nitrogen and oxygen atoms in total. The fraction of sp³-hybridized carbons (Fsp3) is 0. The van der Waals surface area contributed by atoms with Crippen LogP contribution < -0.4 is 0 Å². The lowest BCUT2D eigenvalue weighted by Crippen LogP contribution is -2.01. The molecule has 0 aliphatic carbocycles. The van der Waals surface area contributed by atoms with Gasteiger partial charge >= 0.3 is 0 Å². The van der Waals surface area contributed by atoms with Crippen LogP contribution in [-0.2, 0) is 0 Å². The highest BCUT2D eigenvalue weighted by Crippen LogP contribution is 2.38. The molecule has 8 aromatic carbocycles. The van der Waals surface area contributed by atoms with E-state index in [1.165, 1.54) is 22.3 Å². The van der Waals surface area contributed by atoms with Crippen LogP contribution in [0.4, 0.5) is 0 Å². The Morgan fingerprint density at radius 3 is 1.20 bits per heavy atom. The molecule has 9 rings (SSSR count). The first kappa shape index (κ1) is 32.7. The molecule has 0 spiro atoms. The van der Waals surface area contributed by atoms with Crippen LogP contribution in [-0.4, -0.2) is 15.0 Å². The first-order valence-electron chi connectivity index (χ1n) is 18.2. The Kier molecular flexibility index (Phi) is 8.94. The lowest BCUT2D eigenvalue weighted by atomic mass is 9.90. The van der Waals surface area contributed by atoms with Gasteiger partial charge in [-0.2, -0.15) is 0 Å². The molecule has 0 N–H and O–H groups in total. The third-order valence-corrected chi connectivity index (χ3v) is 9.78. The molecule has 3 heteroatoms. The van der Waals surface area contributed by atoms with E-state index < -0.39 is 0 Å². The molecule has 0 radical (unpaired) electrons. The summed E-state index contributed by atoms with van der Waals surface area (Å²) in [6.07, 6.45) is 0. The second kappa shape index (κ2) is 14.8. The van der Waals surface area contributed by atoms with E-state index in [0.717, 1.165) is 50.1 Å². The molecule has 9 aromatic rings. The Bertz CT molecular complexity index is 2670. The number of hydrogen-bond donors (Lipinski definition) is 0. The topological polar surface area (TPSA) is 38.7 Å². The standard InChI is InChI=1S/C51H35N3/c1-5-16-36(17-6-1)38-28-30-41(31-29-38)49-52-50(54-51(53-49)47-27-14-13-26-45(47)39-20-9-3-10-21-39)44-25-15-24-43(34-44)46-33-32-42(37-18-7-2-8-19-37)35-48(46)40-22-11-4-12-23-40/h1-35H. The molecule has 0 bridgehead atoms. The lowest BCUT2D eigenvalue weighted by Gasteiger charge is -2.15. The highest BCUT2D eigenvalue weighted by atomic mass is 15.0. The van der Waals surface area contributed by atoms with Crippen molar-refractivity contribution in [2.24, 2.45) is 0 Å². The molecule has 0 unspecified atom stereocenters. The van der Waals surface area contributed by atoms with Crippen molar-refractivity contribution in [2.75, 3.05) is 0 Å². The van der Waals surface area contributed by atoms with E-state index in [1.54, 1.807) is 0 Å². The van der Waals surface area contributed by atoms with E-state index in [1.807, 2.05) is 18.2 Å². The van der Waals surface area contributed by atoms with Crippen LogP contribution in [0.2, 0.25) is 0 Å². The Labute approximate surface area is 316 Å². The summed E-state index contributed by atoms with van der Waals surface area (Å²) in [5.41, 5.74) is 14.2. The van der Waals surface area contributed by atoms with E-state index in [0.29, 0.717) is 17.5 Å². The lowest BCUT2D eigenvalue weighted by molar-refractivity contribution is 1.07. The molecule has 0 atom stereocenters. The second-order valence-corrected chi connectivity index (χ2v) is 13.2. The molecule has 0 amide bonds. The Morgan fingerprint density at radius 2 is 0.574 bits per heavy atom. The molecule has 0 saturated heterocycles. The normalized spacial score (nSPS) is 11.0. The van der Waals surface area contributed by atoms with Gasteiger partial charge in [0.2, 0.25) is 0 Å². The zero-order chi connectivity index (χ0) is 36.1. The average Bonchev–Trinajstić information content (AvgIpc) is 3.27. The highest BCUT2D eigenvalue weighted by Gasteiger charge is 2.17. The van der Waals surface area contributed by atoms with E-state index in [-0.39, 0.29) is 0 Å². The molecule has 0 aliphatic rings. The predicted octanol–water partition coefficient (Wildman–Crippen LogP) is 13.2. The molecule has 0 saturated carbocycles. The molecule has 0 aliphatic heterocycles.